The molecule has 0 spiro atoms. The Labute approximate surface area is 124 Å². The van der Waals surface area contributed by atoms with Gasteiger partial charge in [-0.25, -0.2) is 0 Å². The van der Waals surface area contributed by atoms with Gasteiger partial charge in [-0.1, -0.05) is 48.5 Å². The van der Waals surface area contributed by atoms with Crippen LogP contribution < -0.4 is 5.32 Å². The van der Waals surface area contributed by atoms with Crippen LogP contribution in [-0.2, 0) is 10.2 Å². The summed E-state index contributed by atoms with van der Waals surface area (Å²) in [6.07, 6.45) is 1.41. The Hall–Kier alpha value is -2.13. The van der Waals surface area contributed by atoms with Crippen molar-refractivity contribution in [2.45, 2.75) is 30.8 Å². The zero-order chi connectivity index (χ0) is 14.7. The number of anilines is 1. The molecule has 2 atom stereocenters. The van der Waals surface area contributed by atoms with E-state index in [0.29, 0.717) is 19.3 Å². The van der Waals surface area contributed by atoms with Gasteiger partial charge in [0.05, 0.1) is 11.5 Å². The smallest absolute Gasteiger partial charge is 0.235 e. The molecule has 1 aliphatic rings. The van der Waals surface area contributed by atoms with E-state index in [9.17, 15) is 9.90 Å². The number of carbonyl (C=O) groups excluding carboxylic acids is 1. The predicted molar refractivity (Wildman–Crippen MR) is 83.0 cm³/mol. The molecule has 2 aromatic carbocycles. The molecule has 0 bridgehead atoms. The number of hydrogen-bond donors (Lipinski definition) is 2. The second-order valence-electron chi connectivity index (χ2n) is 5.66. The summed E-state index contributed by atoms with van der Waals surface area (Å²) in [7, 11) is 0. The number of aliphatic hydroxyl groups excluding tert-OH is 1. The van der Waals surface area contributed by atoms with E-state index in [0.717, 1.165) is 11.3 Å². The normalized spacial score (nSPS) is 24.7. The van der Waals surface area contributed by atoms with Crippen LogP contribution in [0.2, 0.25) is 0 Å². The molecular weight excluding hydrogens is 262 g/mol. The first kappa shape index (κ1) is 13.8. The molecule has 0 aliphatic heterocycles. The first-order valence-corrected chi connectivity index (χ1v) is 7.31. The Morgan fingerprint density at radius 3 is 2.24 bits per heavy atom. The molecule has 0 aromatic heterocycles. The quantitative estimate of drug-likeness (QED) is 0.908. The third kappa shape index (κ3) is 2.69. The van der Waals surface area contributed by atoms with E-state index < -0.39 is 11.5 Å². The average Bonchev–Trinajstić information content (AvgIpc) is 2.93. The van der Waals surface area contributed by atoms with Crippen molar-refractivity contribution in [2.75, 3.05) is 5.32 Å². The first-order chi connectivity index (χ1) is 10.2. The summed E-state index contributed by atoms with van der Waals surface area (Å²) in [6.45, 7) is 0. The summed E-state index contributed by atoms with van der Waals surface area (Å²) in [4.78, 5) is 12.9. The van der Waals surface area contributed by atoms with Gasteiger partial charge in [-0.05, 0) is 37.0 Å². The van der Waals surface area contributed by atoms with Crippen molar-refractivity contribution < 1.29 is 9.90 Å². The van der Waals surface area contributed by atoms with Crippen LogP contribution in [-0.4, -0.2) is 17.1 Å². The molecule has 0 heterocycles. The van der Waals surface area contributed by atoms with E-state index in [1.54, 1.807) is 0 Å². The van der Waals surface area contributed by atoms with Crippen molar-refractivity contribution >= 4 is 11.6 Å². The maximum atomic E-state index is 12.9. The van der Waals surface area contributed by atoms with Crippen molar-refractivity contribution in [3.63, 3.8) is 0 Å². The van der Waals surface area contributed by atoms with Crippen molar-refractivity contribution in [3.05, 3.63) is 66.2 Å². The summed E-state index contributed by atoms with van der Waals surface area (Å²) in [5.74, 6) is -0.0311. The first-order valence-electron chi connectivity index (χ1n) is 7.31. The van der Waals surface area contributed by atoms with E-state index in [1.165, 1.54) is 0 Å². The summed E-state index contributed by atoms with van der Waals surface area (Å²) in [5.41, 5.74) is 1.14. The maximum absolute atomic E-state index is 12.9. The Morgan fingerprint density at radius 1 is 1.05 bits per heavy atom. The summed E-state index contributed by atoms with van der Waals surface area (Å²) < 4.78 is 0. The molecule has 3 heteroatoms. The Kier molecular flexibility index (Phi) is 3.76. The van der Waals surface area contributed by atoms with Gasteiger partial charge >= 0.3 is 0 Å². The molecule has 2 aromatic rings. The largest absolute Gasteiger partial charge is 0.393 e. The van der Waals surface area contributed by atoms with Gasteiger partial charge < -0.3 is 10.4 Å². The number of rotatable bonds is 3. The minimum atomic E-state index is -0.628. The fourth-order valence-electron chi connectivity index (χ4n) is 3.15. The Morgan fingerprint density at radius 2 is 1.67 bits per heavy atom. The number of benzene rings is 2. The number of aliphatic hydroxyl groups is 1. The highest BCUT2D eigenvalue weighted by Crippen LogP contribution is 2.42. The van der Waals surface area contributed by atoms with E-state index in [2.05, 4.69) is 5.32 Å². The van der Waals surface area contributed by atoms with Crippen LogP contribution in [0.1, 0.15) is 24.8 Å². The number of nitrogens with one attached hydrogen (secondary N) is 1. The molecule has 1 saturated carbocycles. The molecule has 108 valence electrons. The van der Waals surface area contributed by atoms with Crippen molar-refractivity contribution in [2.24, 2.45) is 0 Å². The molecule has 1 amide bonds. The van der Waals surface area contributed by atoms with E-state index in [4.69, 9.17) is 0 Å². The Bertz CT molecular complexity index is 612. The second-order valence-corrected chi connectivity index (χ2v) is 5.66. The minimum Gasteiger partial charge on any atom is -0.393 e. The van der Waals surface area contributed by atoms with Gasteiger partial charge in [0.2, 0.25) is 5.91 Å². The van der Waals surface area contributed by atoms with Gasteiger partial charge in [0, 0.05) is 5.69 Å². The van der Waals surface area contributed by atoms with Crippen LogP contribution in [0.4, 0.5) is 5.69 Å². The highest BCUT2D eigenvalue weighted by atomic mass is 16.3. The van der Waals surface area contributed by atoms with Crippen LogP contribution in [0.3, 0.4) is 0 Å². The molecule has 21 heavy (non-hydrogen) atoms. The second kappa shape index (κ2) is 5.70. The van der Waals surface area contributed by atoms with Crippen LogP contribution >= 0.6 is 0 Å². The standard InChI is InChI=1S/C18H19NO2/c20-16-11-12-18(13-16,14-7-3-1-4-8-14)17(21)19-15-9-5-2-6-10-15/h1-10,16,20H,11-13H2,(H,19,21). The lowest BCUT2D eigenvalue weighted by atomic mass is 9.78. The number of hydrogen-bond acceptors (Lipinski definition) is 2. The van der Waals surface area contributed by atoms with Gasteiger partial charge in [0.25, 0.3) is 0 Å². The van der Waals surface area contributed by atoms with Crippen LogP contribution in [0.25, 0.3) is 0 Å². The van der Waals surface area contributed by atoms with Crippen LogP contribution in [0, 0.1) is 0 Å². The van der Waals surface area contributed by atoms with Gasteiger partial charge in [0.1, 0.15) is 0 Å². The molecule has 2 N–H and O–H groups in total. The van der Waals surface area contributed by atoms with Gasteiger partial charge in [-0.2, -0.15) is 0 Å². The van der Waals surface area contributed by atoms with Crippen molar-refractivity contribution in [3.8, 4) is 0 Å². The SMILES string of the molecule is O=C(Nc1ccccc1)C1(c2ccccc2)CCC(O)C1. The van der Waals surface area contributed by atoms with Gasteiger partial charge in [-0.3, -0.25) is 4.79 Å². The molecule has 3 rings (SSSR count). The highest BCUT2D eigenvalue weighted by Gasteiger charge is 2.46. The summed E-state index contributed by atoms with van der Waals surface area (Å²) >= 11 is 0. The Balaban J connectivity index is 1.92. The lowest BCUT2D eigenvalue weighted by Gasteiger charge is -2.28. The maximum Gasteiger partial charge on any atom is 0.235 e. The molecule has 0 saturated heterocycles. The van der Waals surface area contributed by atoms with Crippen molar-refractivity contribution in [1.29, 1.82) is 0 Å². The fraction of sp³-hybridized carbons (Fsp3) is 0.278. The third-order valence-electron chi connectivity index (χ3n) is 4.28. The fourth-order valence-corrected chi connectivity index (χ4v) is 3.15. The lowest BCUT2D eigenvalue weighted by molar-refractivity contribution is -0.121. The molecule has 0 radical (unpaired) electrons. The molecule has 1 fully saturated rings. The minimum absolute atomic E-state index is 0.0311. The van der Waals surface area contributed by atoms with Gasteiger partial charge in [-0.15, -0.1) is 0 Å². The lowest BCUT2D eigenvalue weighted by Crippen LogP contribution is -2.38. The van der Waals surface area contributed by atoms with E-state index >= 15 is 0 Å². The average molecular weight is 281 g/mol. The molecule has 3 nitrogen and oxygen atoms in total. The van der Waals surface area contributed by atoms with Gasteiger partial charge in [0.15, 0.2) is 0 Å². The molecular formula is C18H19NO2. The van der Waals surface area contributed by atoms with Crippen LogP contribution in [0.15, 0.2) is 60.7 Å². The van der Waals surface area contributed by atoms with E-state index in [-0.39, 0.29) is 5.91 Å². The number of para-hydroxylation sites is 1. The summed E-state index contributed by atoms with van der Waals surface area (Å²) in [5, 5.41) is 13.0. The number of carbonyl (C=O) groups is 1. The topological polar surface area (TPSA) is 49.3 Å². The third-order valence-corrected chi connectivity index (χ3v) is 4.28. The summed E-state index contributed by atoms with van der Waals surface area (Å²) in [6, 6.07) is 19.2. The zero-order valence-electron chi connectivity index (χ0n) is 11.8. The molecule has 2 unspecified atom stereocenters. The number of amides is 1. The molecule has 1 aliphatic carbocycles. The monoisotopic (exact) mass is 281 g/mol. The predicted octanol–water partition coefficient (Wildman–Crippen LogP) is 3.11. The highest BCUT2D eigenvalue weighted by molar-refractivity contribution is 5.99. The van der Waals surface area contributed by atoms with Crippen LogP contribution in [0.5, 0.6) is 0 Å². The zero-order valence-corrected chi connectivity index (χ0v) is 11.8. The van der Waals surface area contributed by atoms with Crippen molar-refractivity contribution in [1.82, 2.24) is 0 Å². The van der Waals surface area contributed by atoms with E-state index in [1.807, 2.05) is 60.7 Å².